The van der Waals surface area contributed by atoms with Crippen molar-refractivity contribution in [1.82, 2.24) is 19.9 Å². The Morgan fingerprint density at radius 1 is 1.08 bits per heavy atom. The maximum Gasteiger partial charge on any atom is 0.416 e. The first kappa shape index (κ1) is 16.0. The van der Waals surface area contributed by atoms with Crippen molar-refractivity contribution in [2.75, 3.05) is 6.54 Å². The Morgan fingerprint density at radius 2 is 1.83 bits per heavy atom. The number of pyridine rings is 1. The Hall–Kier alpha value is -2.90. The van der Waals surface area contributed by atoms with Gasteiger partial charge in [-0.15, -0.1) is 10.2 Å². The Kier molecular flexibility index (Phi) is 4.20. The molecule has 0 spiro atoms. The number of aromatic nitrogens is 3. The molecule has 3 rings (SSSR count). The number of nitrogens with one attached hydrogen (secondary N) is 1. The van der Waals surface area contributed by atoms with Crippen LogP contribution in [0.3, 0.4) is 0 Å². The summed E-state index contributed by atoms with van der Waals surface area (Å²) in [6.07, 6.45) is -2.14. The quantitative estimate of drug-likeness (QED) is 0.798. The van der Waals surface area contributed by atoms with Gasteiger partial charge in [-0.3, -0.25) is 9.20 Å². The molecule has 5 nitrogen and oxygen atoms in total. The van der Waals surface area contributed by atoms with E-state index in [1.165, 1.54) is 0 Å². The maximum atomic E-state index is 12.5. The number of carbonyl (C=O) groups excluding carboxylic acids is 1. The van der Waals surface area contributed by atoms with Crippen LogP contribution in [0.4, 0.5) is 13.2 Å². The van der Waals surface area contributed by atoms with Crippen LogP contribution in [0.5, 0.6) is 0 Å². The average molecular weight is 334 g/mol. The SMILES string of the molecule is O=C(NCCc1nnc2ccccn12)c1ccc(C(F)(F)F)cc1. The number of alkyl halides is 3. The number of fused-ring (bicyclic) bond motifs is 1. The second-order valence-corrected chi connectivity index (χ2v) is 5.13. The van der Waals surface area contributed by atoms with Gasteiger partial charge in [0.2, 0.25) is 0 Å². The Bertz CT molecular complexity index is 856. The van der Waals surface area contributed by atoms with Gasteiger partial charge in [-0.05, 0) is 36.4 Å². The monoisotopic (exact) mass is 334 g/mol. The molecular weight excluding hydrogens is 321 g/mol. The molecule has 0 atom stereocenters. The number of halogens is 3. The average Bonchev–Trinajstić information content (AvgIpc) is 2.97. The lowest BCUT2D eigenvalue weighted by molar-refractivity contribution is -0.137. The molecule has 8 heteroatoms. The lowest BCUT2D eigenvalue weighted by atomic mass is 10.1. The summed E-state index contributed by atoms with van der Waals surface area (Å²) in [6.45, 7) is 0.301. The highest BCUT2D eigenvalue weighted by atomic mass is 19.4. The highest BCUT2D eigenvalue weighted by Crippen LogP contribution is 2.29. The zero-order valence-electron chi connectivity index (χ0n) is 12.4. The van der Waals surface area contributed by atoms with Crippen molar-refractivity contribution in [2.45, 2.75) is 12.6 Å². The molecule has 1 aromatic carbocycles. The molecule has 2 heterocycles. The van der Waals surface area contributed by atoms with E-state index in [-0.39, 0.29) is 5.56 Å². The van der Waals surface area contributed by atoms with Crippen molar-refractivity contribution in [2.24, 2.45) is 0 Å². The fraction of sp³-hybridized carbons (Fsp3) is 0.188. The van der Waals surface area contributed by atoms with Crippen LogP contribution in [0.1, 0.15) is 21.7 Å². The molecule has 0 saturated carbocycles. The molecule has 0 radical (unpaired) electrons. The summed E-state index contributed by atoms with van der Waals surface area (Å²) >= 11 is 0. The summed E-state index contributed by atoms with van der Waals surface area (Å²) in [5, 5.41) is 10.7. The van der Waals surface area contributed by atoms with Crippen molar-refractivity contribution >= 4 is 11.6 Å². The smallest absolute Gasteiger partial charge is 0.352 e. The van der Waals surface area contributed by atoms with Gasteiger partial charge in [0.1, 0.15) is 5.82 Å². The standard InChI is InChI=1S/C16H13F3N4O/c17-16(18,19)12-6-4-11(5-7-12)15(24)20-9-8-14-22-21-13-3-1-2-10-23(13)14/h1-7,10H,8-9H2,(H,20,24). The summed E-state index contributed by atoms with van der Waals surface area (Å²) in [7, 11) is 0. The minimum atomic E-state index is -4.41. The number of amides is 1. The van der Waals surface area contributed by atoms with Crippen LogP contribution in [0.2, 0.25) is 0 Å². The molecule has 124 valence electrons. The van der Waals surface area contributed by atoms with Gasteiger partial charge in [-0.25, -0.2) is 0 Å². The van der Waals surface area contributed by atoms with E-state index in [4.69, 9.17) is 0 Å². The summed E-state index contributed by atoms with van der Waals surface area (Å²) in [4.78, 5) is 12.0. The molecule has 0 aliphatic carbocycles. The first-order chi connectivity index (χ1) is 11.4. The second kappa shape index (κ2) is 6.31. The fourth-order valence-electron chi connectivity index (χ4n) is 2.26. The number of carbonyl (C=O) groups is 1. The van der Waals surface area contributed by atoms with E-state index >= 15 is 0 Å². The van der Waals surface area contributed by atoms with Crippen molar-refractivity contribution < 1.29 is 18.0 Å². The van der Waals surface area contributed by atoms with Gasteiger partial charge in [-0.1, -0.05) is 6.07 Å². The number of benzene rings is 1. The normalized spacial score (nSPS) is 11.6. The van der Waals surface area contributed by atoms with Crippen molar-refractivity contribution in [3.8, 4) is 0 Å². The number of nitrogens with zero attached hydrogens (tertiary/aromatic N) is 3. The Morgan fingerprint density at radius 3 is 2.54 bits per heavy atom. The largest absolute Gasteiger partial charge is 0.416 e. The molecule has 0 unspecified atom stereocenters. The van der Waals surface area contributed by atoms with Crippen molar-refractivity contribution in [3.63, 3.8) is 0 Å². The highest BCUT2D eigenvalue weighted by Gasteiger charge is 2.30. The first-order valence-electron chi connectivity index (χ1n) is 7.19. The van der Waals surface area contributed by atoms with E-state index in [0.717, 1.165) is 24.3 Å². The summed E-state index contributed by atoms with van der Waals surface area (Å²) < 4.78 is 39.3. The molecule has 0 bridgehead atoms. The summed E-state index contributed by atoms with van der Waals surface area (Å²) in [6, 6.07) is 9.61. The number of rotatable bonds is 4. The maximum absolute atomic E-state index is 12.5. The fourth-order valence-corrected chi connectivity index (χ4v) is 2.26. The van der Waals surface area contributed by atoms with Crippen LogP contribution >= 0.6 is 0 Å². The molecule has 0 saturated heterocycles. The highest BCUT2D eigenvalue weighted by molar-refractivity contribution is 5.94. The molecular formula is C16H13F3N4O. The minimum Gasteiger partial charge on any atom is -0.352 e. The van der Waals surface area contributed by atoms with Gasteiger partial charge in [0.25, 0.3) is 5.91 Å². The van der Waals surface area contributed by atoms with Gasteiger partial charge >= 0.3 is 6.18 Å². The van der Waals surface area contributed by atoms with Crippen LogP contribution in [0.15, 0.2) is 48.7 Å². The predicted octanol–water partition coefficient (Wildman–Crippen LogP) is 2.72. The third-order valence-corrected chi connectivity index (χ3v) is 3.49. The van der Waals surface area contributed by atoms with E-state index in [1.54, 1.807) is 0 Å². The molecule has 3 aromatic rings. The second-order valence-electron chi connectivity index (χ2n) is 5.13. The molecule has 24 heavy (non-hydrogen) atoms. The molecule has 0 fully saturated rings. The molecule has 1 amide bonds. The third kappa shape index (κ3) is 3.37. The number of hydrogen-bond donors (Lipinski definition) is 1. The molecule has 0 aliphatic rings. The Balaban J connectivity index is 1.59. The Labute approximate surface area is 135 Å². The van der Waals surface area contributed by atoms with Crippen LogP contribution in [0.25, 0.3) is 5.65 Å². The first-order valence-corrected chi connectivity index (χ1v) is 7.19. The van der Waals surface area contributed by atoms with Gasteiger partial charge in [0.05, 0.1) is 5.56 Å². The molecule has 0 aliphatic heterocycles. The lowest BCUT2D eigenvalue weighted by Crippen LogP contribution is -2.26. The van der Waals surface area contributed by atoms with Crippen LogP contribution < -0.4 is 5.32 Å². The van der Waals surface area contributed by atoms with E-state index in [0.29, 0.717) is 24.4 Å². The van der Waals surface area contributed by atoms with Crippen molar-refractivity contribution in [3.05, 3.63) is 65.6 Å². The van der Waals surface area contributed by atoms with Gasteiger partial charge in [0.15, 0.2) is 5.65 Å². The van der Waals surface area contributed by atoms with Gasteiger partial charge in [-0.2, -0.15) is 13.2 Å². The minimum absolute atomic E-state index is 0.175. The van der Waals surface area contributed by atoms with Crippen LogP contribution in [-0.2, 0) is 12.6 Å². The summed E-state index contributed by atoms with van der Waals surface area (Å²) in [5.74, 6) is 0.260. The third-order valence-electron chi connectivity index (χ3n) is 3.49. The number of hydrogen-bond acceptors (Lipinski definition) is 3. The lowest BCUT2D eigenvalue weighted by Gasteiger charge is -2.08. The van der Waals surface area contributed by atoms with E-state index in [9.17, 15) is 18.0 Å². The summed E-state index contributed by atoms with van der Waals surface area (Å²) in [5.41, 5.74) is 0.102. The topological polar surface area (TPSA) is 59.3 Å². The van der Waals surface area contributed by atoms with Gasteiger partial charge in [0, 0.05) is 24.7 Å². The van der Waals surface area contributed by atoms with E-state index < -0.39 is 17.6 Å². The van der Waals surface area contributed by atoms with E-state index in [2.05, 4.69) is 15.5 Å². The van der Waals surface area contributed by atoms with Crippen LogP contribution in [0, 0.1) is 0 Å². The predicted molar refractivity (Wildman–Crippen MR) is 80.5 cm³/mol. The van der Waals surface area contributed by atoms with E-state index in [1.807, 2.05) is 28.8 Å². The molecule has 1 N–H and O–H groups in total. The zero-order valence-corrected chi connectivity index (χ0v) is 12.4. The van der Waals surface area contributed by atoms with Gasteiger partial charge < -0.3 is 5.32 Å². The zero-order chi connectivity index (χ0) is 17.2. The molecule has 2 aromatic heterocycles. The van der Waals surface area contributed by atoms with Crippen molar-refractivity contribution in [1.29, 1.82) is 0 Å². The van der Waals surface area contributed by atoms with Crippen LogP contribution in [-0.4, -0.2) is 27.0 Å².